The minimum absolute atomic E-state index is 0.105. The van der Waals surface area contributed by atoms with E-state index in [0.717, 1.165) is 56.9 Å². The van der Waals surface area contributed by atoms with Gasteiger partial charge in [-0.25, -0.2) is 0 Å². The molecule has 2 unspecified atom stereocenters. The summed E-state index contributed by atoms with van der Waals surface area (Å²) < 4.78 is 18.0. The Labute approximate surface area is 161 Å². The number of benzene rings is 1. The number of amides is 1. The van der Waals surface area contributed by atoms with Crippen LogP contribution in [0.2, 0.25) is 0 Å². The number of morpholine rings is 1. The summed E-state index contributed by atoms with van der Waals surface area (Å²) in [6, 6.07) is 8.01. The first-order chi connectivity index (χ1) is 13.1. The van der Waals surface area contributed by atoms with E-state index in [1.165, 1.54) is 0 Å². The fourth-order valence-electron chi connectivity index (χ4n) is 4.61. The quantitative estimate of drug-likeness (QED) is 0.810. The summed E-state index contributed by atoms with van der Waals surface area (Å²) in [4.78, 5) is 16.5. The summed E-state index contributed by atoms with van der Waals surface area (Å²) in [6.45, 7) is 8.79. The molecule has 4 rings (SSSR count). The second-order valence-electron chi connectivity index (χ2n) is 7.84. The Bertz CT molecular complexity index is 672. The van der Waals surface area contributed by atoms with E-state index in [1.807, 2.05) is 36.1 Å². The molecule has 2 fully saturated rings. The highest BCUT2D eigenvalue weighted by Crippen LogP contribution is 2.36. The molecular formula is C21H30N2O4. The van der Waals surface area contributed by atoms with Crippen LogP contribution in [0.4, 0.5) is 0 Å². The SMILES string of the molecule is CCN1C(=O)COC2(CCN(CCC3COc4ccccc4O3)CC2)C1C. The molecule has 148 valence electrons. The van der Waals surface area contributed by atoms with Crippen molar-refractivity contribution in [1.29, 1.82) is 0 Å². The van der Waals surface area contributed by atoms with Crippen LogP contribution in [0.1, 0.15) is 33.1 Å². The van der Waals surface area contributed by atoms with E-state index >= 15 is 0 Å². The van der Waals surface area contributed by atoms with Crippen LogP contribution in [0, 0.1) is 0 Å². The van der Waals surface area contributed by atoms with Gasteiger partial charge < -0.3 is 24.0 Å². The summed E-state index contributed by atoms with van der Waals surface area (Å²) in [5, 5.41) is 0. The van der Waals surface area contributed by atoms with Crippen molar-refractivity contribution in [3.8, 4) is 11.5 Å². The Balaban J connectivity index is 1.27. The van der Waals surface area contributed by atoms with Gasteiger partial charge in [0.25, 0.3) is 0 Å². The minimum Gasteiger partial charge on any atom is -0.486 e. The predicted octanol–water partition coefficient (Wildman–Crippen LogP) is 2.32. The molecule has 3 heterocycles. The molecule has 0 N–H and O–H groups in total. The van der Waals surface area contributed by atoms with Crippen molar-refractivity contribution >= 4 is 5.91 Å². The topological polar surface area (TPSA) is 51.2 Å². The minimum atomic E-state index is -0.177. The number of hydrogen-bond donors (Lipinski definition) is 0. The molecular weight excluding hydrogens is 344 g/mol. The van der Waals surface area contributed by atoms with Gasteiger partial charge in [-0.1, -0.05) is 12.1 Å². The van der Waals surface area contributed by atoms with Crippen molar-refractivity contribution < 1.29 is 19.0 Å². The van der Waals surface area contributed by atoms with Crippen LogP contribution in [0.5, 0.6) is 11.5 Å². The van der Waals surface area contributed by atoms with Gasteiger partial charge in [-0.05, 0) is 38.8 Å². The summed E-state index contributed by atoms with van der Waals surface area (Å²) >= 11 is 0. The molecule has 0 saturated carbocycles. The monoisotopic (exact) mass is 374 g/mol. The average Bonchev–Trinajstić information content (AvgIpc) is 2.71. The Morgan fingerprint density at radius 1 is 1.19 bits per heavy atom. The van der Waals surface area contributed by atoms with Gasteiger partial charge in [-0.3, -0.25) is 4.79 Å². The molecule has 27 heavy (non-hydrogen) atoms. The van der Waals surface area contributed by atoms with Gasteiger partial charge in [0.15, 0.2) is 11.5 Å². The van der Waals surface area contributed by atoms with E-state index in [2.05, 4.69) is 11.8 Å². The van der Waals surface area contributed by atoms with E-state index in [4.69, 9.17) is 14.2 Å². The standard InChI is InChI=1S/C21H30N2O4/c1-3-23-16(2)21(26-15-20(23)24)9-12-22(13-10-21)11-8-17-14-25-18-6-4-5-7-19(18)27-17/h4-7,16-17H,3,8-15H2,1-2H3. The van der Waals surface area contributed by atoms with Crippen LogP contribution >= 0.6 is 0 Å². The van der Waals surface area contributed by atoms with Crippen molar-refractivity contribution in [1.82, 2.24) is 9.80 Å². The van der Waals surface area contributed by atoms with Gasteiger partial charge in [0.2, 0.25) is 5.91 Å². The zero-order chi connectivity index (χ0) is 18.9. The molecule has 1 spiro atoms. The number of para-hydroxylation sites is 2. The molecule has 1 amide bonds. The normalized spacial score (nSPS) is 27.8. The smallest absolute Gasteiger partial charge is 0.248 e. The average molecular weight is 374 g/mol. The fraction of sp³-hybridized carbons (Fsp3) is 0.667. The fourth-order valence-corrected chi connectivity index (χ4v) is 4.61. The largest absolute Gasteiger partial charge is 0.486 e. The first kappa shape index (κ1) is 18.6. The molecule has 3 aliphatic rings. The third-order valence-electron chi connectivity index (χ3n) is 6.41. The van der Waals surface area contributed by atoms with Crippen LogP contribution in [0.25, 0.3) is 0 Å². The van der Waals surface area contributed by atoms with Crippen LogP contribution < -0.4 is 9.47 Å². The third-order valence-corrected chi connectivity index (χ3v) is 6.41. The van der Waals surface area contributed by atoms with Gasteiger partial charge >= 0.3 is 0 Å². The number of nitrogens with zero attached hydrogens (tertiary/aromatic N) is 2. The number of likely N-dealkylation sites (tertiary alicyclic amines) is 1. The molecule has 1 aromatic rings. The Kier molecular flexibility index (Phi) is 5.28. The van der Waals surface area contributed by atoms with E-state index < -0.39 is 0 Å². The first-order valence-corrected chi connectivity index (χ1v) is 10.2. The lowest BCUT2D eigenvalue weighted by Crippen LogP contribution is -2.63. The summed E-state index contributed by atoms with van der Waals surface area (Å²) in [7, 11) is 0. The van der Waals surface area contributed by atoms with Crippen molar-refractivity contribution in [3.05, 3.63) is 24.3 Å². The predicted molar refractivity (Wildman–Crippen MR) is 102 cm³/mol. The van der Waals surface area contributed by atoms with E-state index in [0.29, 0.717) is 6.61 Å². The second kappa shape index (κ2) is 7.68. The number of fused-ring (bicyclic) bond motifs is 1. The van der Waals surface area contributed by atoms with E-state index in [9.17, 15) is 4.79 Å². The molecule has 0 aliphatic carbocycles. The van der Waals surface area contributed by atoms with Crippen molar-refractivity contribution in [3.63, 3.8) is 0 Å². The summed E-state index contributed by atoms with van der Waals surface area (Å²) in [6.07, 6.45) is 3.01. The highest BCUT2D eigenvalue weighted by Gasteiger charge is 2.47. The number of carbonyl (C=O) groups is 1. The van der Waals surface area contributed by atoms with Gasteiger partial charge in [0.05, 0.1) is 11.6 Å². The van der Waals surface area contributed by atoms with Gasteiger partial charge in [-0.15, -0.1) is 0 Å². The number of piperidine rings is 1. The summed E-state index contributed by atoms with van der Waals surface area (Å²) in [5.41, 5.74) is -0.177. The molecule has 1 aromatic carbocycles. The maximum atomic E-state index is 12.1. The van der Waals surface area contributed by atoms with Crippen molar-refractivity contribution in [2.45, 2.75) is 50.9 Å². The molecule has 2 saturated heterocycles. The maximum Gasteiger partial charge on any atom is 0.248 e. The molecule has 0 radical (unpaired) electrons. The number of likely N-dealkylation sites (N-methyl/N-ethyl adjacent to an activating group) is 1. The molecule has 6 nitrogen and oxygen atoms in total. The second-order valence-corrected chi connectivity index (χ2v) is 7.84. The van der Waals surface area contributed by atoms with Gasteiger partial charge in [0.1, 0.15) is 19.3 Å². The van der Waals surface area contributed by atoms with Crippen LogP contribution in [-0.2, 0) is 9.53 Å². The van der Waals surface area contributed by atoms with Crippen LogP contribution in [0.3, 0.4) is 0 Å². The third kappa shape index (κ3) is 3.65. The zero-order valence-corrected chi connectivity index (χ0v) is 16.4. The molecule has 3 aliphatic heterocycles. The maximum absolute atomic E-state index is 12.1. The highest BCUT2D eigenvalue weighted by molar-refractivity contribution is 5.78. The number of ether oxygens (including phenoxy) is 3. The number of hydrogen-bond acceptors (Lipinski definition) is 5. The van der Waals surface area contributed by atoms with Gasteiger partial charge in [-0.2, -0.15) is 0 Å². The number of rotatable bonds is 4. The lowest BCUT2D eigenvalue weighted by molar-refractivity contribution is -0.186. The summed E-state index contributed by atoms with van der Waals surface area (Å²) in [5.74, 6) is 1.81. The highest BCUT2D eigenvalue weighted by atomic mass is 16.6. The zero-order valence-electron chi connectivity index (χ0n) is 16.4. The lowest BCUT2D eigenvalue weighted by atomic mass is 9.82. The van der Waals surface area contributed by atoms with Gasteiger partial charge in [0, 0.05) is 32.6 Å². The first-order valence-electron chi connectivity index (χ1n) is 10.2. The van der Waals surface area contributed by atoms with Crippen LogP contribution in [-0.4, -0.2) is 72.8 Å². The molecule has 6 heteroatoms. The van der Waals surface area contributed by atoms with Crippen LogP contribution in [0.15, 0.2) is 24.3 Å². The lowest BCUT2D eigenvalue weighted by Gasteiger charge is -2.51. The molecule has 0 aromatic heterocycles. The van der Waals surface area contributed by atoms with E-state index in [1.54, 1.807) is 0 Å². The Hall–Kier alpha value is -1.79. The molecule has 0 bridgehead atoms. The Morgan fingerprint density at radius 3 is 2.67 bits per heavy atom. The van der Waals surface area contributed by atoms with Crippen molar-refractivity contribution in [2.24, 2.45) is 0 Å². The van der Waals surface area contributed by atoms with E-state index in [-0.39, 0.29) is 30.3 Å². The molecule has 2 atom stereocenters. The Morgan fingerprint density at radius 2 is 1.93 bits per heavy atom. The van der Waals surface area contributed by atoms with Crippen molar-refractivity contribution in [2.75, 3.05) is 39.4 Å². The number of carbonyl (C=O) groups excluding carboxylic acids is 1.